The van der Waals surface area contributed by atoms with Crippen LogP contribution in [-0.2, 0) is 0 Å². The molecule has 0 saturated carbocycles. The fourth-order valence-corrected chi connectivity index (χ4v) is 3.53. The van der Waals surface area contributed by atoms with Gasteiger partial charge in [-0.2, -0.15) is 5.26 Å². The van der Waals surface area contributed by atoms with Crippen molar-refractivity contribution in [1.29, 1.82) is 5.26 Å². The van der Waals surface area contributed by atoms with Crippen LogP contribution in [0.2, 0.25) is 0 Å². The lowest BCUT2D eigenvalue weighted by Crippen LogP contribution is -2.48. The third-order valence-electron chi connectivity index (χ3n) is 4.91. The first kappa shape index (κ1) is 18.5. The minimum atomic E-state index is -0.256. The van der Waals surface area contributed by atoms with Gasteiger partial charge >= 0.3 is 0 Å². The monoisotopic (exact) mass is 355 g/mol. The van der Waals surface area contributed by atoms with E-state index in [-0.39, 0.29) is 17.7 Å². The zero-order chi connectivity index (χ0) is 18.4. The van der Waals surface area contributed by atoms with E-state index in [1.165, 1.54) is 24.3 Å². The maximum atomic E-state index is 13.4. The molecule has 2 aromatic carbocycles. The smallest absolute Gasteiger partial charge is 0.123 e. The molecule has 5 heteroatoms. The summed E-state index contributed by atoms with van der Waals surface area (Å²) >= 11 is 0. The van der Waals surface area contributed by atoms with E-state index in [4.69, 9.17) is 5.26 Å². The molecule has 0 radical (unpaired) electrons. The summed E-state index contributed by atoms with van der Waals surface area (Å²) in [6.07, 6.45) is 1.49. The van der Waals surface area contributed by atoms with Crippen molar-refractivity contribution in [1.82, 2.24) is 9.80 Å². The number of halogens is 2. The zero-order valence-corrected chi connectivity index (χ0v) is 14.7. The molecule has 136 valence electrons. The second-order valence-electron chi connectivity index (χ2n) is 6.64. The molecule has 1 aliphatic rings. The Morgan fingerprint density at radius 3 is 1.81 bits per heavy atom. The molecular formula is C21H23F2N3. The van der Waals surface area contributed by atoms with E-state index in [1.54, 1.807) is 0 Å². The molecule has 0 unspecified atom stereocenters. The van der Waals surface area contributed by atoms with Gasteiger partial charge in [0.15, 0.2) is 0 Å². The van der Waals surface area contributed by atoms with Gasteiger partial charge in [0, 0.05) is 32.6 Å². The van der Waals surface area contributed by atoms with E-state index >= 15 is 0 Å². The Kier molecular flexibility index (Phi) is 6.32. The third-order valence-corrected chi connectivity index (χ3v) is 4.91. The second-order valence-corrected chi connectivity index (χ2v) is 6.64. The SMILES string of the molecule is N#CCCCN1CCN(C(c2ccc(F)cc2)c2ccc(F)cc2)CC1. The molecule has 0 spiro atoms. The van der Waals surface area contributed by atoms with Crippen LogP contribution < -0.4 is 0 Å². The summed E-state index contributed by atoms with van der Waals surface area (Å²) in [7, 11) is 0. The van der Waals surface area contributed by atoms with Crippen LogP contribution in [0.3, 0.4) is 0 Å². The summed E-state index contributed by atoms with van der Waals surface area (Å²) in [6.45, 7) is 4.58. The Hall–Kier alpha value is -2.29. The van der Waals surface area contributed by atoms with Crippen LogP contribution in [0, 0.1) is 23.0 Å². The van der Waals surface area contributed by atoms with Crippen LogP contribution in [-0.4, -0.2) is 42.5 Å². The molecule has 3 nitrogen and oxygen atoms in total. The topological polar surface area (TPSA) is 30.3 Å². The van der Waals surface area contributed by atoms with E-state index in [0.29, 0.717) is 6.42 Å². The molecule has 0 aromatic heterocycles. The minimum absolute atomic E-state index is 0.0162. The Morgan fingerprint density at radius 2 is 1.35 bits per heavy atom. The summed E-state index contributed by atoms with van der Waals surface area (Å²) in [4.78, 5) is 4.74. The first-order valence-corrected chi connectivity index (χ1v) is 9.01. The maximum Gasteiger partial charge on any atom is 0.123 e. The standard InChI is InChI=1S/C21H23F2N3/c22-19-7-3-17(4-8-19)21(18-5-9-20(23)10-6-18)26-15-13-25(14-16-26)12-2-1-11-24/h3-10,21H,1-2,12-16H2. The van der Waals surface area contributed by atoms with E-state index in [1.807, 2.05) is 24.3 Å². The van der Waals surface area contributed by atoms with Gasteiger partial charge < -0.3 is 4.90 Å². The second kappa shape index (κ2) is 8.88. The largest absolute Gasteiger partial charge is 0.301 e. The number of nitriles is 1. The number of nitrogens with zero attached hydrogens (tertiary/aromatic N) is 3. The number of rotatable bonds is 6. The lowest BCUT2D eigenvalue weighted by atomic mass is 9.96. The fourth-order valence-electron chi connectivity index (χ4n) is 3.53. The van der Waals surface area contributed by atoms with Gasteiger partial charge in [0.1, 0.15) is 11.6 Å². The third kappa shape index (κ3) is 4.66. The van der Waals surface area contributed by atoms with Crippen molar-refractivity contribution in [2.75, 3.05) is 32.7 Å². The van der Waals surface area contributed by atoms with Crippen molar-refractivity contribution in [2.24, 2.45) is 0 Å². The molecule has 3 rings (SSSR count). The quantitative estimate of drug-likeness (QED) is 0.735. The molecular weight excluding hydrogens is 332 g/mol. The molecule has 2 aromatic rings. The van der Waals surface area contributed by atoms with Gasteiger partial charge in [0.05, 0.1) is 12.1 Å². The van der Waals surface area contributed by atoms with Crippen LogP contribution in [0.15, 0.2) is 48.5 Å². The number of hydrogen-bond donors (Lipinski definition) is 0. The molecule has 1 saturated heterocycles. The maximum absolute atomic E-state index is 13.4. The summed E-state index contributed by atoms with van der Waals surface area (Å²) < 4.78 is 26.7. The lowest BCUT2D eigenvalue weighted by molar-refractivity contribution is 0.109. The summed E-state index contributed by atoms with van der Waals surface area (Å²) in [5, 5.41) is 8.67. The molecule has 0 aliphatic carbocycles. The van der Waals surface area contributed by atoms with Crippen molar-refractivity contribution >= 4 is 0 Å². The molecule has 0 atom stereocenters. The van der Waals surface area contributed by atoms with Gasteiger partial charge in [-0.25, -0.2) is 8.78 Å². The summed E-state index contributed by atoms with van der Waals surface area (Å²) in [6, 6.07) is 15.3. The highest BCUT2D eigenvalue weighted by Crippen LogP contribution is 2.30. The van der Waals surface area contributed by atoms with E-state index in [2.05, 4.69) is 15.9 Å². The van der Waals surface area contributed by atoms with E-state index < -0.39 is 0 Å². The average Bonchev–Trinajstić information content (AvgIpc) is 2.66. The van der Waals surface area contributed by atoms with E-state index in [9.17, 15) is 8.78 Å². The number of piperazine rings is 1. The normalized spacial score (nSPS) is 15.9. The highest BCUT2D eigenvalue weighted by atomic mass is 19.1. The van der Waals surface area contributed by atoms with Gasteiger partial charge in [-0.05, 0) is 48.4 Å². The van der Waals surface area contributed by atoms with Crippen molar-refractivity contribution < 1.29 is 8.78 Å². The van der Waals surface area contributed by atoms with Gasteiger partial charge in [-0.1, -0.05) is 24.3 Å². The average molecular weight is 355 g/mol. The molecule has 0 bridgehead atoms. The highest BCUT2D eigenvalue weighted by Gasteiger charge is 2.26. The van der Waals surface area contributed by atoms with Crippen LogP contribution >= 0.6 is 0 Å². The van der Waals surface area contributed by atoms with E-state index in [0.717, 1.165) is 50.3 Å². The van der Waals surface area contributed by atoms with Gasteiger partial charge in [0.2, 0.25) is 0 Å². The number of hydrogen-bond acceptors (Lipinski definition) is 3. The van der Waals surface area contributed by atoms with Crippen LogP contribution in [0.1, 0.15) is 30.0 Å². The molecule has 0 N–H and O–H groups in total. The molecule has 0 amide bonds. The first-order valence-electron chi connectivity index (χ1n) is 9.01. The van der Waals surface area contributed by atoms with Gasteiger partial charge in [0.25, 0.3) is 0 Å². The molecule has 1 aliphatic heterocycles. The number of unbranched alkanes of at least 4 members (excludes halogenated alkanes) is 1. The number of benzene rings is 2. The predicted octanol–water partition coefficient (Wildman–Crippen LogP) is 3.98. The van der Waals surface area contributed by atoms with Gasteiger partial charge in [-0.3, -0.25) is 4.90 Å². The molecule has 26 heavy (non-hydrogen) atoms. The van der Waals surface area contributed by atoms with Gasteiger partial charge in [-0.15, -0.1) is 0 Å². The Bertz CT molecular complexity index is 684. The fraction of sp³-hybridized carbons (Fsp3) is 0.381. The zero-order valence-electron chi connectivity index (χ0n) is 14.7. The Labute approximate surface area is 153 Å². The van der Waals surface area contributed by atoms with Crippen molar-refractivity contribution in [3.05, 3.63) is 71.3 Å². The summed E-state index contributed by atoms with van der Waals surface area (Å²) in [5.74, 6) is -0.511. The minimum Gasteiger partial charge on any atom is -0.301 e. The van der Waals surface area contributed by atoms with Crippen molar-refractivity contribution in [2.45, 2.75) is 18.9 Å². The first-order chi connectivity index (χ1) is 12.7. The molecule has 1 heterocycles. The Morgan fingerprint density at radius 1 is 0.846 bits per heavy atom. The van der Waals surface area contributed by atoms with Crippen LogP contribution in [0.5, 0.6) is 0 Å². The van der Waals surface area contributed by atoms with Crippen LogP contribution in [0.25, 0.3) is 0 Å². The summed E-state index contributed by atoms with van der Waals surface area (Å²) in [5.41, 5.74) is 2.02. The van der Waals surface area contributed by atoms with Crippen molar-refractivity contribution in [3.63, 3.8) is 0 Å². The van der Waals surface area contributed by atoms with Crippen molar-refractivity contribution in [3.8, 4) is 6.07 Å². The highest BCUT2D eigenvalue weighted by molar-refractivity contribution is 5.32. The Balaban J connectivity index is 1.75. The van der Waals surface area contributed by atoms with Crippen LogP contribution in [0.4, 0.5) is 8.78 Å². The molecule has 1 fully saturated rings. The predicted molar refractivity (Wildman–Crippen MR) is 97.5 cm³/mol. The lowest BCUT2D eigenvalue weighted by Gasteiger charge is -2.39.